The third-order valence-corrected chi connectivity index (χ3v) is 6.13. The maximum absolute atomic E-state index is 12.4. The molecule has 0 radical (unpaired) electrons. The average Bonchev–Trinajstić information content (AvgIpc) is 3.06. The second-order valence-corrected chi connectivity index (χ2v) is 8.56. The lowest BCUT2D eigenvalue weighted by atomic mass is 9.67. The number of benzene rings is 1. The van der Waals surface area contributed by atoms with E-state index in [1.165, 1.54) is 0 Å². The maximum Gasteiger partial charge on any atom is 0.410 e. The molecule has 2 aliphatic rings. The summed E-state index contributed by atoms with van der Waals surface area (Å²) in [4.78, 5) is 25.8. The lowest BCUT2D eigenvalue weighted by Crippen LogP contribution is -2.33. The van der Waals surface area contributed by atoms with Gasteiger partial charge in [0.25, 0.3) is 0 Å². The number of amides is 1. The van der Waals surface area contributed by atoms with Gasteiger partial charge in [0.15, 0.2) is 0 Å². The SMILES string of the molecule is CC1(C)CCC(C2CN(C(=O)OCc3ccccc3)CC2C(=O)O)CC1. The van der Waals surface area contributed by atoms with Gasteiger partial charge in [-0.1, -0.05) is 44.2 Å². The van der Waals surface area contributed by atoms with Gasteiger partial charge in [-0.05, 0) is 48.5 Å². The molecule has 142 valence electrons. The number of carboxylic acids is 1. The van der Waals surface area contributed by atoms with Crippen LogP contribution in [0.5, 0.6) is 0 Å². The van der Waals surface area contributed by atoms with Gasteiger partial charge >= 0.3 is 12.1 Å². The molecule has 0 spiro atoms. The summed E-state index contributed by atoms with van der Waals surface area (Å²) in [5, 5.41) is 9.65. The molecule has 1 saturated heterocycles. The van der Waals surface area contributed by atoms with E-state index in [0.29, 0.717) is 17.9 Å². The number of ether oxygens (including phenoxy) is 1. The number of hydrogen-bond acceptors (Lipinski definition) is 3. The number of nitrogens with zero attached hydrogens (tertiary/aromatic N) is 1. The summed E-state index contributed by atoms with van der Waals surface area (Å²) in [7, 11) is 0. The van der Waals surface area contributed by atoms with Crippen molar-refractivity contribution in [1.29, 1.82) is 0 Å². The summed E-state index contributed by atoms with van der Waals surface area (Å²) in [6, 6.07) is 9.53. The molecule has 1 aromatic carbocycles. The smallest absolute Gasteiger partial charge is 0.410 e. The second kappa shape index (κ2) is 7.68. The summed E-state index contributed by atoms with van der Waals surface area (Å²) in [6.07, 6.45) is 3.94. The van der Waals surface area contributed by atoms with Crippen LogP contribution in [0, 0.1) is 23.2 Å². The zero-order valence-electron chi connectivity index (χ0n) is 15.7. The molecule has 1 N–H and O–H groups in total. The number of aliphatic carboxylic acids is 1. The van der Waals surface area contributed by atoms with Gasteiger partial charge in [0, 0.05) is 13.1 Å². The van der Waals surface area contributed by atoms with Crippen molar-refractivity contribution >= 4 is 12.1 Å². The minimum atomic E-state index is -0.793. The molecule has 1 saturated carbocycles. The Bertz CT molecular complexity index is 633. The van der Waals surface area contributed by atoms with E-state index in [0.717, 1.165) is 31.2 Å². The number of carboxylic acid groups (broad SMARTS) is 1. The van der Waals surface area contributed by atoms with Crippen LogP contribution in [-0.2, 0) is 16.1 Å². The molecule has 1 aromatic rings. The van der Waals surface area contributed by atoms with Crippen molar-refractivity contribution in [2.75, 3.05) is 13.1 Å². The summed E-state index contributed by atoms with van der Waals surface area (Å²) in [5.74, 6) is -0.854. The Morgan fingerprint density at radius 2 is 1.81 bits per heavy atom. The summed E-state index contributed by atoms with van der Waals surface area (Å²) in [5.41, 5.74) is 1.28. The quantitative estimate of drug-likeness (QED) is 0.876. The lowest BCUT2D eigenvalue weighted by Gasteiger charge is -2.37. The molecule has 2 unspecified atom stereocenters. The first-order valence-electron chi connectivity index (χ1n) is 9.54. The van der Waals surface area contributed by atoms with Crippen LogP contribution in [0.25, 0.3) is 0 Å². The molecule has 1 aliphatic heterocycles. The maximum atomic E-state index is 12.4. The van der Waals surface area contributed by atoms with Crippen LogP contribution in [0.3, 0.4) is 0 Å². The van der Waals surface area contributed by atoms with Gasteiger partial charge in [-0.2, -0.15) is 0 Å². The Kier molecular flexibility index (Phi) is 5.54. The Morgan fingerprint density at radius 3 is 2.42 bits per heavy atom. The van der Waals surface area contributed by atoms with E-state index in [2.05, 4.69) is 13.8 Å². The zero-order chi connectivity index (χ0) is 18.7. The Balaban J connectivity index is 1.59. The van der Waals surface area contributed by atoms with Crippen LogP contribution >= 0.6 is 0 Å². The second-order valence-electron chi connectivity index (χ2n) is 8.56. The number of rotatable bonds is 4. The van der Waals surface area contributed by atoms with E-state index in [1.807, 2.05) is 30.3 Å². The number of likely N-dealkylation sites (tertiary alicyclic amines) is 1. The van der Waals surface area contributed by atoms with Crippen LogP contribution < -0.4 is 0 Å². The highest BCUT2D eigenvalue weighted by atomic mass is 16.6. The van der Waals surface area contributed by atoms with Crippen molar-refractivity contribution in [2.45, 2.75) is 46.1 Å². The van der Waals surface area contributed by atoms with E-state index < -0.39 is 18.0 Å². The topological polar surface area (TPSA) is 66.8 Å². The van der Waals surface area contributed by atoms with Crippen molar-refractivity contribution in [3.63, 3.8) is 0 Å². The predicted molar refractivity (Wildman–Crippen MR) is 98.6 cm³/mol. The third-order valence-electron chi connectivity index (χ3n) is 6.13. The molecule has 0 bridgehead atoms. The van der Waals surface area contributed by atoms with Crippen LogP contribution in [0.4, 0.5) is 4.79 Å². The fourth-order valence-electron chi connectivity index (χ4n) is 4.38. The molecule has 26 heavy (non-hydrogen) atoms. The fraction of sp³-hybridized carbons (Fsp3) is 0.619. The summed E-state index contributed by atoms with van der Waals surface area (Å²) >= 11 is 0. The minimum absolute atomic E-state index is 0.0351. The molecule has 3 rings (SSSR count). The minimum Gasteiger partial charge on any atom is -0.481 e. The number of carbonyl (C=O) groups excluding carboxylic acids is 1. The van der Waals surface area contributed by atoms with Crippen molar-refractivity contribution in [3.8, 4) is 0 Å². The van der Waals surface area contributed by atoms with Crippen molar-refractivity contribution < 1.29 is 19.4 Å². The van der Waals surface area contributed by atoms with E-state index in [-0.39, 0.29) is 19.1 Å². The first kappa shape index (κ1) is 18.7. The van der Waals surface area contributed by atoms with Crippen molar-refractivity contribution in [1.82, 2.24) is 4.90 Å². The average molecular weight is 359 g/mol. The fourth-order valence-corrected chi connectivity index (χ4v) is 4.38. The van der Waals surface area contributed by atoms with Crippen LogP contribution in [0.2, 0.25) is 0 Å². The van der Waals surface area contributed by atoms with Crippen LogP contribution in [0.1, 0.15) is 45.1 Å². The third kappa shape index (κ3) is 4.37. The Hall–Kier alpha value is -2.04. The number of hydrogen-bond donors (Lipinski definition) is 1. The largest absolute Gasteiger partial charge is 0.481 e. The molecular formula is C21H29NO4. The highest BCUT2D eigenvalue weighted by Crippen LogP contribution is 2.44. The first-order valence-corrected chi connectivity index (χ1v) is 9.54. The summed E-state index contributed by atoms with van der Waals surface area (Å²) < 4.78 is 5.40. The monoisotopic (exact) mass is 359 g/mol. The van der Waals surface area contributed by atoms with E-state index in [9.17, 15) is 14.7 Å². The first-order chi connectivity index (χ1) is 12.4. The van der Waals surface area contributed by atoms with Gasteiger partial charge in [-0.3, -0.25) is 4.79 Å². The van der Waals surface area contributed by atoms with Crippen LogP contribution in [0.15, 0.2) is 30.3 Å². The standard InChI is InChI=1S/C21H29NO4/c1-21(2)10-8-16(9-11-21)17-12-22(13-18(17)19(23)24)20(25)26-14-15-6-4-3-5-7-15/h3-7,16-18H,8-14H2,1-2H3,(H,23,24). The highest BCUT2D eigenvalue weighted by Gasteiger charge is 2.45. The van der Waals surface area contributed by atoms with E-state index in [4.69, 9.17) is 4.74 Å². The molecule has 1 heterocycles. The van der Waals surface area contributed by atoms with Crippen molar-refractivity contribution in [3.05, 3.63) is 35.9 Å². The van der Waals surface area contributed by atoms with Gasteiger partial charge < -0.3 is 14.7 Å². The molecule has 2 fully saturated rings. The van der Waals surface area contributed by atoms with Gasteiger partial charge in [0.1, 0.15) is 6.61 Å². The Labute approximate surface area is 155 Å². The number of carbonyl (C=O) groups is 2. The molecular weight excluding hydrogens is 330 g/mol. The van der Waals surface area contributed by atoms with Gasteiger partial charge in [0.05, 0.1) is 5.92 Å². The van der Waals surface area contributed by atoms with Crippen LogP contribution in [-0.4, -0.2) is 35.2 Å². The normalized spacial score (nSPS) is 25.8. The highest BCUT2D eigenvalue weighted by molar-refractivity contribution is 5.74. The van der Waals surface area contributed by atoms with Gasteiger partial charge in [-0.15, -0.1) is 0 Å². The molecule has 5 nitrogen and oxygen atoms in total. The zero-order valence-corrected chi connectivity index (χ0v) is 15.7. The summed E-state index contributed by atoms with van der Waals surface area (Å²) in [6.45, 7) is 5.53. The molecule has 5 heteroatoms. The van der Waals surface area contributed by atoms with Gasteiger partial charge in [-0.25, -0.2) is 4.79 Å². The lowest BCUT2D eigenvalue weighted by molar-refractivity contribution is -0.143. The molecule has 0 aromatic heterocycles. The Morgan fingerprint density at radius 1 is 1.15 bits per heavy atom. The molecule has 2 atom stereocenters. The predicted octanol–water partition coefficient (Wildman–Crippen LogP) is 4.17. The van der Waals surface area contributed by atoms with E-state index in [1.54, 1.807) is 4.90 Å². The van der Waals surface area contributed by atoms with E-state index >= 15 is 0 Å². The van der Waals surface area contributed by atoms with Gasteiger partial charge in [0.2, 0.25) is 0 Å². The van der Waals surface area contributed by atoms with Crippen molar-refractivity contribution in [2.24, 2.45) is 23.2 Å². The molecule has 1 aliphatic carbocycles. The molecule has 1 amide bonds.